The number of Topliss-reactive ketones (excluding diaryl/α,β-unsaturated/α-hetero) is 1. The monoisotopic (exact) mass is 250 g/mol. The van der Waals surface area contributed by atoms with Gasteiger partial charge in [0.1, 0.15) is 5.82 Å². The highest BCUT2D eigenvalue weighted by Crippen LogP contribution is 2.07. The Morgan fingerprint density at radius 2 is 1.78 bits per heavy atom. The summed E-state index contributed by atoms with van der Waals surface area (Å²) >= 11 is 0. The van der Waals surface area contributed by atoms with Crippen molar-refractivity contribution in [1.82, 2.24) is 9.80 Å². The minimum Gasteiger partial charge on any atom is -0.304 e. The lowest BCUT2D eigenvalue weighted by Gasteiger charge is -2.32. The average molecular weight is 250 g/mol. The smallest absolute Gasteiger partial charge is 0.164 e. The molecule has 98 valence electrons. The Balaban J connectivity index is 1.79. The normalized spacial score (nSPS) is 17.9. The Morgan fingerprint density at radius 3 is 2.39 bits per heavy atom. The summed E-state index contributed by atoms with van der Waals surface area (Å²) in [5.74, 6) is -0.209. The van der Waals surface area contributed by atoms with Gasteiger partial charge >= 0.3 is 0 Å². The van der Waals surface area contributed by atoms with E-state index < -0.39 is 0 Å². The summed E-state index contributed by atoms with van der Waals surface area (Å²) in [5, 5.41) is 0. The predicted octanol–water partition coefficient (Wildman–Crippen LogP) is 1.65. The van der Waals surface area contributed by atoms with Gasteiger partial charge in [-0.1, -0.05) is 0 Å². The Labute approximate surface area is 107 Å². The van der Waals surface area contributed by atoms with E-state index in [-0.39, 0.29) is 11.6 Å². The molecule has 1 fully saturated rings. The molecule has 1 aliphatic heterocycles. The molecule has 0 atom stereocenters. The molecule has 0 bridgehead atoms. The Hall–Kier alpha value is -1.26. The first kappa shape index (κ1) is 13.2. The molecule has 1 aromatic rings. The molecule has 1 aliphatic rings. The number of rotatable bonds is 4. The minimum atomic E-state index is -0.300. The molecule has 4 heteroatoms. The average Bonchev–Trinajstić information content (AvgIpc) is 2.38. The zero-order valence-electron chi connectivity index (χ0n) is 10.7. The third-order valence-electron chi connectivity index (χ3n) is 3.42. The van der Waals surface area contributed by atoms with Gasteiger partial charge in [-0.15, -0.1) is 0 Å². The van der Waals surface area contributed by atoms with Gasteiger partial charge in [-0.2, -0.15) is 0 Å². The summed E-state index contributed by atoms with van der Waals surface area (Å²) in [4.78, 5) is 16.5. The molecule has 0 N–H and O–H groups in total. The number of likely N-dealkylation sites (N-methyl/N-ethyl adjacent to an activating group) is 1. The fourth-order valence-corrected chi connectivity index (χ4v) is 2.11. The van der Waals surface area contributed by atoms with Gasteiger partial charge in [0, 0.05) is 44.7 Å². The summed E-state index contributed by atoms with van der Waals surface area (Å²) in [6, 6.07) is 5.79. The molecule has 0 saturated carbocycles. The maximum Gasteiger partial charge on any atom is 0.164 e. The van der Waals surface area contributed by atoms with Crippen molar-refractivity contribution in [3.8, 4) is 0 Å². The molecule has 2 rings (SSSR count). The van der Waals surface area contributed by atoms with E-state index in [1.54, 1.807) is 12.1 Å². The topological polar surface area (TPSA) is 23.6 Å². The standard InChI is InChI=1S/C14H19FN2O/c1-16-8-10-17(11-9-16)7-6-14(18)12-2-4-13(15)5-3-12/h2-5H,6-11H2,1H3. The van der Waals surface area contributed by atoms with Crippen LogP contribution in [0.25, 0.3) is 0 Å². The first-order valence-corrected chi connectivity index (χ1v) is 6.35. The second-order valence-corrected chi connectivity index (χ2v) is 4.82. The van der Waals surface area contributed by atoms with Crippen LogP contribution in [0.3, 0.4) is 0 Å². The number of carbonyl (C=O) groups is 1. The molecular weight excluding hydrogens is 231 g/mol. The number of nitrogens with zero attached hydrogens (tertiary/aromatic N) is 2. The lowest BCUT2D eigenvalue weighted by Crippen LogP contribution is -2.45. The quantitative estimate of drug-likeness (QED) is 0.759. The van der Waals surface area contributed by atoms with E-state index in [4.69, 9.17) is 0 Å². The molecular formula is C14H19FN2O. The van der Waals surface area contributed by atoms with Gasteiger partial charge in [-0.05, 0) is 31.3 Å². The second kappa shape index (κ2) is 6.07. The maximum atomic E-state index is 12.7. The first-order chi connectivity index (χ1) is 8.65. The number of piperazine rings is 1. The first-order valence-electron chi connectivity index (χ1n) is 6.35. The van der Waals surface area contributed by atoms with Crippen molar-refractivity contribution in [2.45, 2.75) is 6.42 Å². The van der Waals surface area contributed by atoms with Gasteiger partial charge in [0.2, 0.25) is 0 Å². The summed E-state index contributed by atoms with van der Waals surface area (Å²) in [7, 11) is 2.11. The summed E-state index contributed by atoms with van der Waals surface area (Å²) in [6.07, 6.45) is 0.509. The molecule has 0 unspecified atom stereocenters. The van der Waals surface area contributed by atoms with Crippen molar-refractivity contribution in [3.05, 3.63) is 35.6 Å². The number of carbonyl (C=O) groups excluding carboxylic acids is 1. The van der Waals surface area contributed by atoms with Crippen LogP contribution in [0.15, 0.2) is 24.3 Å². The van der Waals surface area contributed by atoms with Gasteiger partial charge < -0.3 is 9.80 Å². The van der Waals surface area contributed by atoms with E-state index in [1.165, 1.54) is 12.1 Å². The summed E-state index contributed by atoms with van der Waals surface area (Å²) in [5.41, 5.74) is 0.602. The molecule has 3 nitrogen and oxygen atoms in total. The van der Waals surface area contributed by atoms with E-state index in [0.29, 0.717) is 12.0 Å². The van der Waals surface area contributed by atoms with E-state index in [9.17, 15) is 9.18 Å². The zero-order valence-corrected chi connectivity index (χ0v) is 10.7. The van der Waals surface area contributed by atoms with Crippen LogP contribution in [0.4, 0.5) is 4.39 Å². The highest BCUT2D eigenvalue weighted by Gasteiger charge is 2.15. The van der Waals surface area contributed by atoms with Crippen molar-refractivity contribution in [1.29, 1.82) is 0 Å². The van der Waals surface area contributed by atoms with Crippen molar-refractivity contribution < 1.29 is 9.18 Å². The van der Waals surface area contributed by atoms with Crippen LogP contribution < -0.4 is 0 Å². The van der Waals surface area contributed by atoms with Gasteiger partial charge in [-0.25, -0.2) is 4.39 Å². The van der Waals surface area contributed by atoms with Crippen LogP contribution in [0.1, 0.15) is 16.8 Å². The fraction of sp³-hybridized carbons (Fsp3) is 0.500. The van der Waals surface area contributed by atoms with Crippen LogP contribution in [0, 0.1) is 5.82 Å². The van der Waals surface area contributed by atoms with Crippen LogP contribution in [-0.2, 0) is 0 Å². The van der Waals surface area contributed by atoms with Gasteiger partial charge in [0.05, 0.1) is 0 Å². The molecule has 18 heavy (non-hydrogen) atoms. The van der Waals surface area contributed by atoms with Gasteiger partial charge in [-0.3, -0.25) is 4.79 Å². The number of benzene rings is 1. The molecule has 0 amide bonds. The Bertz CT molecular complexity index is 397. The van der Waals surface area contributed by atoms with E-state index in [0.717, 1.165) is 32.7 Å². The molecule has 0 radical (unpaired) electrons. The lowest BCUT2D eigenvalue weighted by molar-refractivity contribution is 0.0942. The number of hydrogen-bond acceptors (Lipinski definition) is 3. The lowest BCUT2D eigenvalue weighted by atomic mass is 10.1. The molecule has 0 aromatic heterocycles. The maximum absolute atomic E-state index is 12.7. The predicted molar refractivity (Wildman–Crippen MR) is 69.3 cm³/mol. The van der Waals surface area contributed by atoms with Crippen LogP contribution in [-0.4, -0.2) is 55.4 Å². The van der Waals surface area contributed by atoms with Crippen LogP contribution in [0.5, 0.6) is 0 Å². The third kappa shape index (κ3) is 3.62. The van der Waals surface area contributed by atoms with Gasteiger partial charge in [0.25, 0.3) is 0 Å². The highest BCUT2D eigenvalue weighted by atomic mass is 19.1. The number of halogens is 1. The van der Waals surface area contributed by atoms with E-state index in [2.05, 4.69) is 16.8 Å². The van der Waals surface area contributed by atoms with Crippen molar-refractivity contribution >= 4 is 5.78 Å². The van der Waals surface area contributed by atoms with E-state index in [1.807, 2.05) is 0 Å². The third-order valence-corrected chi connectivity index (χ3v) is 3.42. The van der Waals surface area contributed by atoms with Gasteiger partial charge in [0.15, 0.2) is 5.78 Å². The molecule has 1 saturated heterocycles. The number of ketones is 1. The summed E-state index contributed by atoms with van der Waals surface area (Å²) < 4.78 is 12.7. The zero-order chi connectivity index (χ0) is 13.0. The van der Waals surface area contributed by atoms with Crippen molar-refractivity contribution in [3.63, 3.8) is 0 Å². The second-order valence-electron chi connectivity index (χ2n) is 4.82. The van der Waals surface area contributed by atoms with Crippen molar-refractivity contribution in [2.24, 2.45) is 0 Å². The molecule has 1 heterocycles. The largest absolute Gasteiger partial charge is 0.304 e. The summed E-state index contributed by atoms with van der Waals surface area (Å²) in [6.45, 7) is 4.96. The Kier molecular flexibility index (Phi) is 4.44. The Morgan fingerprint density at radius 1 is 1.17 bits per heavy atom. The SMILES string of the molecule is CN1CCN(CCC(=O)c2ccc(F)cc2)CC1. The molecule has 1 aromatic carbocycles. The molecule has 0 aliphatic carbocycles. The number of hydrogen-bond donors (Lipinski definition) is 0. The van der Waals surface area contributed by atoms with Crippen LogP contribution in [0.2, 0.25) is 0 Å². The highest BCUT2D eigenvalue weighted by molar-refractivity contribution is 5.96. The van der Waals surface area contributed by atoms with E-state index >= 15 is 0 Å². The minimum absolute atomic E-state index is 0.0916. The molecule has 0 spiro atoms. The van der Waals surface area contributed by atoms with Crippen LogP contribution >= 0.6 is 0 Å². The fourth-order valence-electron chi connectivity index (χ4n) is 2.11. The van der Waals surface area contributed by atoms with Crippen molar-refractivity contribution in [2.75, 3.05) is 39.8 Å².